The lowest BCUT2D eigenvalue weighted by atomic mass is 10.3. The first kappa shape index (κ1) is 12.5. The third-order valence-electron chi connectivity index (χ3n) is 2.54. The minimum Gasteiger partial charge on any atom is -0.370 e. The lowest BCUT2D eigenvalue weighted by Gasteiger charge is -2.06. The van der Waals surface area contributed by atoms with Crippen LogP contribution < -0.4 is 5.32 Å². The highest BCUT2D eigenvalue weighted by Crippen LogP contribution is 2.17. The van der Waals surface area contributed by atoms with Gasteiger partial charge in [0.15, 0.2) is 0 Å². The average molecular weight is 246 g/mol. The van der Waals surface area contributed by atoms with Crippen molar-refractivity contribution in [3.05, 3.63) is 18.6 Å². The molecule has 0 radical (unpaired) electrons. The van der Waals surface area contributed by atoms with Gasteiger partial charge in [-0.15, -0.1) is 5.10 Å². The van der Waals surface area contributed by atoms with Crippen molar-refractivity contribution >= 4 is 5.82 Å². The number of nitrogens with zero attached hydrogens (tertiary/aromatic N) is 5. The summed E-state index contributed by atoms with van der Waals surface area (Å²) >= 11 is 0. The van der Waals surface area contributed by atoms with Crippen LogP contribution in [0.1, 0.15) is 26.7 Å². The Bertz CT molecular complexity index is 493. The van der Waals surface area contributed by atoms with Gasteiger partial charge in [-0.2, -0.15) is 0 Å². The predicted octanol–water partition coefficient (Wildman–Crippen LogP) is 1.97. The van der Waals surface area contributed by atoms with Gasteiger partial charge in [0.1, 0.15) is 17.8 Å². The third kappa shape index (κ3) is 2.82. The van der Waals surface area contributed by atoms with Crippen molar-refractivity contribution in [1.82, 2.24) is 25.0 Å². The first-order chi connectivity index (χ1) is 8.85. The van der Waals surface area contributed by atoms with Crippen molar-refractivity contribution in [3.63, 3.8) is 0 Å². The second-order valence-electron chi connectivity index (χ2n) is 4.06. The summed E-state index contributed by atoms with van der Waals surface area (Å²) < 4.78 is 1.87. The molecule has 18 heavy (non-hydrogen) atoms. The molecular formula is C12H18N6. The van der Waals surface area contributed by atoms with Crippen LogP contribution in [-0.2, 0) is 6.54 Å². The number of nitrogens with one attached hydrogen (secondary N) is 1. The molecule has 0 aliphatic carbocycles. The Kier molecular flexibility index (Phi) is 4.22. The Morgan fingerprint density at radius 1 is 1.22 bits per heavy atom. The molecule has 0 saturated heterocycles. The Morgan fingerprint density at radius 2 is 2.11 bits per heavy atom. The molecule has 2 rings (SSSR count). The highest BCUT2D eigenvalue weighted by molar-refractivity contribution is 5.57. The van der Waals surface area contributed by atoms with Crippen LogP contribution in [0.5, 0.6) is 0 Å². The van der Waals surface area contributed by atoms with Gasteiger partial charge in [-0.3, -0.25) is 0 Å². The van der Waals surface area contributed by atoms with Crippen molar-refractivity contribution < 1.29 is 0 Å². The summed E-state index contributed by atoms with van der Waals surface area (Å²) in [7, 11) is 0. The quantitative estimate of drug-likeness (QED) is 0.844. The van der Waals surface area contributed by atoms with Gasteiger partial charge in [-0.25, -0.2) is 14.6 Å². The molecule has 96 valence electrons. The van der Waals surface area contributed by atoms with Gasteiger partial charge >= 0.3 is 0 Å². The minimum absolute atomic E-state index is 0.839. The van der Waals surface area contributed by atoms with Crippen LogP contribution >= 0.6 is 0 Å². The van der Waals surface area contributed by atoms with Crippen LogP contribution in [0, 0.1) is 0 Å². The zero-order valence-corrected chi connectivity index (χ0v) is 10.8. The Morgan fingerprint density at radius 3 is 2.89 bits per heavy atom. The van der Waals surface area contributed by atoms with Crippen LogP contribution in [0.4, 0.5) is 5.82 Å². The summed E-state index contributed by atoms with van der Waals surface area (Å²) in [6.45, 7) is 5.98. The summed E-state index contributed by atoms with van der Waals surface area (Å²) in [6.07, 6.45) is 5.38. The number of hydrogen-bond acceptors (Lipinski definition) is 5. The molecule has 0 saturated carbocycles. The van der Waals surface area contributed by atoms with Crippen molar-refractivity contribution in [3.8, 4) is 11.4 Å². The summed E-state index contributed by atoms with van der Waals surface area (Å²) in [5.74, 6) is 0.839. The van der Waals surface area contributed by atoms with Gasteiger partial charge in [0.25, 0.3) is 0 Å². The summed E-state index contributed by atoms with van der Waals surface area (Å²) in [5, 5.41) is 11.2. The van der Waals surface area contributed by atoms with Crippen molar-refractivity contribution in [2.75, 3.05) is 11.9 Å². The van der Waals surface area contributed by atoms with Crippen molar-refractivity contribution in [2.45, 2.75) is 33.2 Å². The zero-order chi connectivity index (χ0) is 12.8. The van der Waals surface area contributed by atoms with E-state index in [0.717, 1.165) is 43.1 Å². The molecule has 0 amide bonds. The van der Waals surface area contributed by atoms with E-state index in [-0.39, 0.29) is 0 Å². The van der Waals surface area contributed by atoms with Gasteiger partial charge in [0.05, 0.1) is 11.9 Å². The molecule has 0 fully saturated rings. The number of anilines is 1. The first-order valence-corrected chi connectivity index (χ1v) is 6.30. The number of hydrogen-bond donors (Lipinski definition) is 1. The molecular weight excluding hydrogens is 228 g/mol. The molecule has 1 N–H and O–H groups in total. The van der Waals surface area contributed by atoms with E-state index in [1.54, 1.807) is 12.5 Å². The molecule has 6 nitrogen and oxygen atoms in total. The van der Waals surface area contributed by atoms with Gasteiger partial charge in [0.2, 0.25) is 0 Å². The summed E-state index contributed by atoms with van der Waals surface area (Å²) in [5.41, 5.74) is 1.78. The zero-order valence-electron chi connectivity index (χ0n) is 10.8. The molecule has 2 aromatic rings. The molecule has 6 heteroatoms. The number of rotatable bonds is 6. The molecule has 0 unspecified atom stereocenters. The Hall–Kier alpha value is -1.98. The smallest absolute Gasteiger partial charge is 0.130 e. The fraction of sp³-hybridized carbons (Fsp3) is 0.500. The van der Waals surface area contributed by atoms with Crippen LogP contribution in [0.15, 0.2) is 18.6 Å². The normalized spacial score (nSPS) is 10.6. The molecule has 0 atom stereocenters. The van der Waals surface area contributed by atoms with Gasteiger partial charge < -0.3 is 5.32 Å². The van der Waals surface area contributed by atoms with Crippen LogP contribution in [0.2, 0.25) is 0 Å². The second-order valence-corrected chi connectivity index (χ2v) is 4.06. The molecule has 0 bridgehead atoms. The number of aryl methyl sites for hydroxylation is 1. The Labute approximate surface area is 106 Å². The fourth-order valence-corrected chi connectivity index (χ4v) is 1.68. The third-order valence-corrected chi connectivity index (χ3v) is 2.54. The van der Waals surface area contributed by atoms with E-state index in [4.69, 9.17) is 0 Å². The Balaban J connectivity index is 2.24. The minimum atomic E-state index is 0.839. The van der Waals surface area contributed by atoms with E-state index in [1.165, 1.54) is 0 Å². The lowest BCUT2D eigenvalue weighted by Crippen LogP contribution is -2.05. The van der Waals surface area contributed by atoms with Crippen molar-refractivity contribution in [2.24, 2.45) is 0 Å². The first-order valence-electron chi connectivity index (χ1n) is 6.30. The maximum Gasteiger partial charge on any atom is 0.130 e. The van der Waals surface area contributed by atoms with Gasteiger partial charge in [0, 0.05) is 19.2 Å². The van der Waals surface area contributed by atoms with E-state index < -0.39 is 0 Å². The maximum atomic E-state index is 4.28. The molecule has 0 aromatic carbocycles. The average Bonchev–Trinajstić information content (AvgIpc) is 2.85. The fourth-order valence-electron chi connectivity index (χ4n) is 1.68. The van der Waals surface area contributed by atoms with Gasteiger partial charge in [-0.1, -0.05) is 19.1 Å². The van der Waals surface area contributed by atoms with Crippen LogP contribution in [0.25, 0.3) is 11.4 Å². The van der Waals surface area contributed by atoms with E-state index in [1.807, 2.05) is 10.7 Å². The lowest BCUT2D eigenvalue weighted by molar-refractivity contribution is 0.583. The van der Waals surface area contributed by atoms with Crippen molar-refractivity contribution in [1.29, 1.82) is 0 Å². The highest BCUT2D eigenvalue weighted by atomic mass is 15.4. The maximum absolute atomic E-state index is 4.28. The van der Waals surface area contributed by atoms with E-state index in [0.29, 0.717) is 0 Å². The van der Waals surface area contributed by atoms with Crippen LogP contribution in [-0.4, -0.2) is 31.5 Å². The van der Waals surface area contributed by atoms with E-state index >= 15 is 0 Å². The SMILES string of the molecule is CCCNc1cc(-c2cnnn2CCC)ncn1. The highest BCUT2D eigenvalue weighted by Gasteiger charge is 2.08. The van der Waals surface area contributed by atoms with E-state index in [2.05, 4.69) is 39.4 Å². The second kappa shape index (κ2) is 6.09. The molecule has 0 aliphatic heterocycles. The van der Waals surface area contributed by atoms with Crippen LogP contribution in [0.3, 0.4) is 0 Å². The predicted molar refractivity (Wildman–Crippen MR) is 70.1 cm³/mol. The topological polar surface area (TPSA) is 68.5 Å². The summed E-state index contributed by atoms with van der Waals surface area (Å²) in [6, 6.07) is 1.93. The monoisotopic (exact) mass is 246 g/mol. The largest absolute Gasteiger partial charge is 0.370 e. The molecule has 0 spiro atoms. The molecule has 2 aromatic heterocycles. The standard InChI is InChI=1S/C12H18N6/c1-3-5-13-12-7-10(14-9-15-12)11-8-16-17-18(11)6-4-2/h7-9H,3-6H2,1-2H3,(H,13,14,15). The van der Waals surface area contributed by atoms with Gasteiger partial charge in [-0.05, 0) is 12.8 Å². The summed E-state index contributed by atoms with van der Waals surface area (Å²) in [4.78, 5) is 8.47. The van der Waals surface area contributed by atoms with E-state index in [9.17, 15) is 0 Å². The molecule has 0 aliphatic rings. The molecule has 2 heterocycles. The number of aromatic nitrogens is 5.